The lowest BCUT2D eigenvalue weighted by Crippen LogP contribution is -2.24. The highest BCUT2D eigenvalue weighted by molar-refractivity contribution is 5.89. The highest BCUT2D eigenvalue weighted by atomic mass is 16.1. The van der Waals surface area contributed by atoms with Gasteiger partial charge < -0.3 is 5.32 Å². The minimum absolute atomic E-state index is 0.103. The van der Waals surface area contributed by atoms with Crippen molar-refractivity contribution in [3.05, 3.63) is 94.3 Å². The number of aromatic nitrogens is 4. The summed E-state index contributed by atoms with van der Waals surface area (Å²) in [6.07, 6.45) is 0. The molecule has 0 aliphatic rings. The number of fused-ring (bicyclic) bond motifs is 3. The lowest BCUT2D eigenvalue weighted by Gasteiger charge is -2.12. The maximum Gasteiger partial charge on any atom is 0.263 e. The highest BCUT2D eigenvalue weighted by Crippen LogP contribution is 2.24. The van der Waals surface area contributed by atoms with Crippen LogP contribution in [-0.4, -0.2) is 25.1 Å². The Hall–Kier alpha value is -4.26. The normalized spacial score (nSPS) is 11.2. The number of hydrogen-bond donors (Lipinski definition) is 1. The molecule has 0 saturated carbocycles. The molecule has 7 nitrogen and oxygen atoms in total. The molecule has 0 saturated heterocycles. The van der Waals surface area contributed by atoms with Gasteiger partial charge >= 0.3 is 0 Å². The zero-order chi connectivity index (χ0) is 22.2. The van der Waals surface area contributed by atoms with E-state index in [-0.39, 0.29) is 11.5 Å². The van der Waals surface area contributed by atoms with E-state index in [1.165, 1.54) is 6.92 Å². The largest absolute Gasteiger partial charge is 0.326 e. The van der Waals surface area contributed by atoms with Gasteiger partial charge in [-0.05, 0) is 48.9 Å². The first-order valence-electron chi connectivity index (χ1n) is 10.3. The Bertz CT molecular complexity index is 1510. The molecule has 0 bridgehead atoms. The first-order chi connectivity index (χ1) is 15.5. The van der Waals surface area contributed by atoms with E-state index >= 15 is 0 Å². The van der Waals surface area contributed by atoms with E-state index in [2.05, 4.69) is 15.5 Å². The smallest absolute Gasteiger partial charge is 0.263 e. The molecule has 2 heterocycles. The third-order valence-electron chi connectivity index (χ3n) is 5.43. The van der Waals surface area contributed by atoms with Gasteiger partial charge in [-0.25, -0.2) is 0 Å². The van der Waals surface area contributed by atoms with Gasteiger partial charge in [-0.1, -0.05) is 42.0 Å². The summed E-state index contributed by atoms with van der Waals surface area (Å²) in [5, 5.41) is 12.2. The molecular weight excluding hydrogens is 402 g/mol. The van der Waals surface area contributed by atoms with Crippen molar-refractivity contribution in [2.24, 2.45) is 0 Å². The lowest BCUT2D eigenvalue weighted by atomic mass is 10.1. The summed E-state index contributed by atoms with van der Waals surface area (Å²) >= 11 is 0. The van der Waals surface area contributed by atoms with Gasteiger partial charge in [0.2, 0.25) is 11.7 Å². The van der Waals surface area contributed by atoms with E-state index in [4.69, 9.17) is 0 Å². The molecule has 0 aliphatic heterocycles. The fraction of sp³-hybridized carbons (Fsp3) is 0.120. The Morgan fingerprint density at radius 1 is 0.938 bits per heavy atom. The summed E-state index contributed by atoms with van der Waals surface area (Å²) in [4.78, 5) is 24.7. The molecule has 0 fully saturated rings. The third kappa shape index (κ3) is 3.43. The fourth-order valence-electron chi connectivity index (χ4n) is 3.87. The zero-order valence-electron chi connectivity index (χ0n) is 17.7. The molecule has 2 aromatic heterocycles. The van der Waals surface area contributed by atoms with E-state index < -0.39 is 0 Å². The van der Waals surface area contributed by atoms with E-state index in [9.17, 15) is 9.59 Å². The highest BCUT2D eigenvalue weighted by Gasteiger charge is 2.17. The van der Waals surface area contributed by atoms with Crippen LogP contribution in [0.25, 0.3) is 28.1 Å². The van der Waals surface area contributed by atoms with Crippen LogP contribution in [0.5, 0.6) is 0 Å². The molecule has 1 N–H and O–H groups in total. The number of anilines is 1. The minimum Gasteiger partial charge on any atom is -0.326 e. The standard InChI is InChI=1S/C25H21N5O2/c1-16-7-9-18(10-8-16)15-29-24(32)21-5-3-4-6-22(21)30-23(27-28-25(29)30)19-11-13-20(14-12-19)26-17(2)31/h3-14H,15H2,1-2H3,(H,26,31). The van der Waals surface area contributed by atoms with E-state index in [1.54, 1.807) is 4.57 Å². The number of para-hydroxylation sites is 1. The van der Waals surface area contributed by atoms with E-state index in [0.717, 1.165) is 22.2 Å². The molecule has 7 heteroatoms. The molecule has 3 aromatic carbocycles. The predicted molar refractivity (Wildman–Crippen MR) is 125 cm³/mol. The third-order valence-corrected chi connectivity index (χ3v) is 5.43. The Morgan fingerprint density at radius 2 is 1.66 bits per heavy atom. The van der Waals surface area contributed by atoms with Crippen molar-refractivity contribution in [1.82, 2.24) is 19.2 Å². The van der Waals surface area contributed by atoms with E-state index in [1.807, 2.05) is 84.1 Å². The molecule has 5 rings (SSSR count). The van der Waals surface area contributed by atoms with Gasteiger partial charge in [-0.15, -0.1) is 10.2 Å². The van der Waals surface area contributed by atoms with Crippen LogP contribution in [0, 0.1) is 6.92 Å². The molecule has 5 aromatic rings. The van der Waals surface area contributed by atoms with Crippen LogP contribution >= 0.6 is 0 Å². The summed E-state index contributed by atoms with van der Waals surface area (Å²) in [7, 11) is 0. The molecule has 0 atom stereocenters. The average molecular weight is 423 g/mol. The summed E-state index contributed by atoms with van der Waals surface area (Å²) in [6.45, 7) is 3.90. The molecule has 0 unspecified atom stereocenters. The van der Waals surface area contributed by atoms with Gasteiger partial charge in [0.25, 0.3) is 5.56 Å². The summed E-state index contributed by atoms with van der Waals surface area (Å²) in [5.74, 6) is 0.982. The van der Waals surface area contributed by atoms with Crippen molar-refractivity contribution >= 4 is 28.3 Å². The van der Waals surface area contributed by atoms with Crippen molar-refractivity contribution < 1.29 is 4.79 Å². The van der Waals surface area contributed by atoms with Gasteiger partial charge in [-0.2, -0.15) is 0 Å². The SMILES string of the molecule is CC(=O)Nc1ccc(-c2nnc3n(Cc4ccc(C)cc4)c(=O)c4ccccc4n23)cc1. The number of nitrogens with one attached hydrogen (secondary N) is 1. The monoisotopic (exact) mass is 423 g/mol. The summed E-state index contributed by atoms with van der Waals surface area (Å²) in [6, 6.07) is 23.0. The lowest BCUT2D eigenvalue weighted by molar-refractivity contribution is -0.114. The first kappa shape index (κ1) is 19.7. The number of benzene rings is 3. The number of rotatable bonds is 4. The molecule has 0 radical (unpaired) electrons. The van der Waals surface area contributed by atoms with Crippen LogP contribution in [0.4, 0.5) is 5.69 Å². The fourth-order valence-corrected chi connectivity index (χ4v) is 3.87. The van der Waals surface area contributed by atoms with Crippen LogP contribution in [0.2, 0.25) is 0 Å². The number of amides is 1. The van der Waals surface area contributed by atoms with Crippen LogP contribution in [0.1, 0.15) is 18.1 Å². The van der Waals surface area contributed by atoms with Gasteiger partial charge in [0.1, 0.15) is 0 Å². The second-order valence-electron chi connectivity index (χ2n) is 7.81. The molecule has 158 valence electrons. The van der Waals surface area contributed by atoms with Gasteiger partial charge in [0.05, 0.1) is 17.4 Å². The molecule has 0 aliphatic carbocycles. The number of hydrogen-bond acceptors (Lipinski definition) is 4. The summed E-state index contributed by atoms with van der Waals surface area (Å²) in [5.41, 5.74) is 4.36. The van der Waals surface area contributed by atoms with Crippen LogP contribution < -0.4 is 10.9 Å². The van der Waals surface area contributed by atoms with Gasteiger partial charge in [0.15, 0.2) is 5.82 Å². The maximum absolute atomic E-state index is 13.3. The molecule has 32 heavy (non-hydrogen) atoms. The Kier molecular flexibility index (Phi) is 4.78. The Morgan fingerprint density at radius 3 is 2.38 bits per heavy atom. The van der Waals surface area contributed by atoms with Crippen LogP contribution in [0.3, 0.4) is 0 Å². The first-order valence-corrected chi connectivity index (χ1v) is 10.3. The average Bonchev–Trinajstić information content (AvgIpc) is 3.23. The second kappa shape index (κ2) is 7.77. The van der Waals surface area contributed by atoms with Crippen LogP contribution in [-0.2, 0) is 11.3 Å². The zero-order valence-corrected chi connectivity index (χ0v) is 17.7. The van der Waals surface area contributed by atoms with Crippen molar-refractivity contribution in [1.29, 1.82) is 0 Å². The van der Waals surface area contributed by atoms with Crippen molar-refractivity contribution in [3.63, 3.8) is 0 Å². The second-order valence-corrected chi connectivity index (χ2v) is 7.81. The quantitative estimate of drug-likeness (QED) is 0.473. The van der Waals surface area contributed by atoms with Crippen molar-refractivity contribution in [2.75, 3.05) is 5.32 Å². The number of nitrogens with zero attached hydrogens (tertiary/aromatic N) is 4. The van der Waals surface area contributed by atoms with Crippen LogP contribution in [0.15, 0.2) is 77.6 Å². The van der Waals surface area contributed by atoms with Gasteiger partial charge in [0, 0.05) is 18.2 Å². The van der Waals surface area contributed by atoms with E-state index in [0.29, 0.717) is 29.2 Å². The Labute approximate surface area is 184 Å². The summed E-state index contributed by atoms with van der Waals surface area (Å²) < 4.78 is 3.58. The van der Waals surface area contributed by atoms with Gasteiger partial charge in [-0.3, -0.25) is 18.6 Å². The number of carbonyl (C=O) groups excluding carboxylic acids is 1. The van der Waals surface area contributed by atoms with Crippen molar-refractivity contribution in [3.8, 4) is 11.4 Å². The Balaban J connectivity index is 1.71. The number of aryl methyl sites for hydroxylation is 1. The topological polar surface area (TPSA) is 81.3 Å². The predicted octanol–water partition coefficient (Wildman–Crippen LogP) is 4.03. The number of carbonyl (C=O) groups is 1. The molecule has 0 spiro atoms. The molecule has 1 amide bonds. The maximum atomic E-state index is 13.3. The molecular formula is C25H21N5O2. The minimum atomic E-state index is -0.128. The van der Waals surface area contributed by atoms with Crippen molar-refractivity contribution in [2.45, 2.75) is 20.4 Å².